The van der Waals surface area contributed by atoms with Crippen molar-refractivity contribution in [3.63, 3.8) is 0 Å². The quantitative estimate of drug-likeness (QED) is 0.769. The molecule has 1 aliphatic rings. The summed E-state index contributed by atoms with van der Waals surface area (Å²) >= 11 is 0. The van der Waals surface area contributed by atoms with E-state index in [0.717, 1.165) is 48.5 Å². The van der Waals surface area contributed by atoms with E-state index in [-0.39, 0.29) is 5.91 Å². The van der Waals surface area contributed by atoms with E-state index in [1.165, 1.54) is 6.42 Å². The summed E-state index contributed by atoms with van der Waals surface area (Å²) in [7, 11) is 0. The minimum Gasteiger partial charge on any atom is -0.342 e. The summed E-state index contributed by atoms with van der Waals surface area (Å²) in [4.78, 5) is 27.0. The average Bonchev–Trinajstić information content (AvgIpc) is 3.10. The molecule has 5 nitrogen and oxygen atoms in total. The van der Waals surface area contributed by atoms with E-state index in [9.17, 15) is 4.79 Å². The van der Waals surface area contributed by atoms with Crippen LogP contribution in [0.25, 0.3) is 11.0 Å². The van der Waals surface area contributed by atoms with Gasteiger partial charge < -0.3 is 9.88 Å². The van der Waals surface area contributed by atoms with Crippen LogP contribution in [-0.4, -0.2) is 38.8 Å². The zero-order chi connectivity index (χ0) is 17.8. The molecule has 0 saturated carbocycles. The molecule has 0 aliphatic carbocycles. The number of H-pyrrole nitrogens is 1. The van der Waals surface area contributed by atoms with Crippen LogP contribution >= 0.6 is 0 Å². The molecule has 4 rings (SSSR count). The molecule has 2 aromatic heterocycles. The van der Waals surface area contributed by atoms with Gasteiger partial charge in [0, 0.05) is 37.8 Å². The maximum Gasteiger partial charge on any atom is 0.223 e. The van der Waals surface area contributed by atoms with Crippen LogP contribution in [0.5, 0.6) is 0 Å². The lowest BCUT2D eigenvalue weighted by atomic mass is 9.93. The van der Waals surface area contributed by atoms with E-state index in [2.05, 4.69) is 21.0 Å². The fourth-order valence-electron chi connectivity index (χ4n) is 3.78. The Labute approximate surface area is 153 Å². The van der Waals surface area contributed by atoms with Gasteiger partial charge in [0.25, 0.3) is 0 Å². The summed E-state index contributed by atoms with van der Waals surface area (Å²) in [6.07, 6.45) is 6.21. The van der Waals surface area contributed by atoms with Crippen LogP contribution in [0, 0.1) is 5.92 Å². The van der Waals surface area contributed by atoms with E-state index in [4.69, 9.17) is 0 Å². The molecule has 0 radical (unpaired) electrons. The Morgan fingerprint density at radius 2 is 2.08 bits per heavy atom. The van der Waals surface area contributed by atoms with E-state index in [1.807, 2.05) is 47.5 Å². The molecule has 1 amide bonds. The van der Waals surface area contributed by atoms with E-state index in [1.54, 1.807) is 0 Å². The summed E-state index contributed by atoms with van der Waals surface area (Å²) < 4.78 is 0. The van der Waals surface area contributed by atoms with Crippen molar-refractivity contribution in [1.29, 1.82) is 0 Å². The monoisotopic (exact) mass is 348 g/mol. The number of benzene rings is 1. The number of carbonyl (C=O) groups excluding carboxylic acids is 1. The number of pyridine rings is 1. The van der Waals surface area contributed by atoms with Gasteiger partial charge in [0.2, 0.25) is 5.91 Å². The number of aryl methyl sites for hydroxylation is 1. The first-order chi connectivity index (χ1) is 12.8. The molecule has 1 fully saturated rings. The lowest BCUT2D eigenvalue weighted by molar-refractivity contribution is -0.133. The van der Waals surface area contributed by atoms with Crippen LogP contribution in [0.4, 0.5) is 0 Å². The summed E-state index contributed by atoms with van der Waals surface area (Å²) in [5, 5.41) is 0. The van der Waals surface area contributed by atoms with E-state index >= 15 is 0 Å². The zero-order valence-corrected chi connectivity index (χ0v) is 14.9. The Bertz CT molecular complexity index is 841. The highest BCUT2D eigenvalue weighted by molar-refractivity contribution is 5.77. The first-order valence-corrected chi connectivity index (χ1v) is 9.39. The van der Waals surface area contributed by atoms with Gasteiger partial charge >= 0.3 is 0 Å². The molecule has 1 atom stereocenters. The van der Waals surface area contributed by atoms with Crippen LogP contribution in [0.3, 0.4) is 0 Å². The van der Waals surface area contributed by atoms with Crippen molar-refractivity contribution < 1.29 is 4.79 Å². The molecule has 5 heteroatoms. The number of amides is 1. The number of rotatable bonds is 5. The lowest BCUT2D eigenvalue weighted by Crippen LogP contribution is -2.40. The second-order valence-electron chi connectivity index (χ2n) is 7.07. The van der Waals surface area contributed by atoms with Crippen molar-refractivity contribution in [2.24, 2.45) is 5.92 Å². The second kappa shape index (κ2) is 7.68. The van der Waals surface area contributed by atoms with E-state index in [0.29, 0.717) is 18.8 Å². The molecule has 134 valence electrons. The largest absolute Gasteiger partial charge is 0.342 e. The number of aromatic amines is 1. The summed E-state index contributed by atoms with van der Waals surface area (Å²) in [6, 6.07) is 14.0. The molecule has 0 spiro atoms. The van der Waals surface area contributed by atoms with Gasteiger partial charge in [0.15, 0.2) is 0 Å². The Hall–Kier alpha value is -2.69. The minimum atomic E-state index is 0.233. The fourth-order valence-corrected chi connectivity index (χ4v) is 3.78. The zero-order valence-electron chi connectivity index (χ0n) is 14.9. The van der Waals surface area contributed by atoms with Crippen LogP contribution in [0.15, 0.2) is 48.7 Å². The van der Waals surface area contributed by atoms with Crippen molar-refractivity contribution >= 4 is 16.9 Å². The fraction of sp³-hybridized carbons (Fsp3) is 0.381. The smallest absolute Gasteiger partial charge is 0.223 e. The van der Waals surface area contributed by atoms with Crippen molar-refractivity contribution in [2.45, 2.75) is 32.1 Å². The summed E-state index contributed by atoms with van der Waals surface area (Å²) in [5.74, 6) is 1.63. The first-order valence-electron chi connectivity index (χ1n) is 9.39. The number of piperidine rings is 1. The number of hydrogen-bond donors (Lipinski definition) is 1. The number of likely N-dealkylation sites (tertiary alicyclic amines) is 1. The highest BCUT2D eigenvalue weighted by Crippen LogP contribution is 2.21. The van der Waals surface area contributed by atoms with Gasteiger partial charge in [-0.05, 0) is 49.4 Å². The maximum atomic E-state index is 12.7. The topological polar surface area (TPSA) is 61.9 Å². The number of imidazole rings is 1. The number of hydrogen-bond acceptors (Lipinski definition) is 3. The number of nitrogens with zero attached hydrogens (tertiary/aromatic N) is 3. The molecule has 3 heterocycles. The standard InChI is InChI=1S/C21H24N4O/c26-21(11-10-20-23-18-8-1-2-9-19(18)24-20)25-13-5-6-16(15-25)14-17-7-3-4-12-22-17/h1-4,7-9,12,16H,5-6,10-11,13-15H2,(H,23,24). The number of fused-ring (bicyclic) bond motifs is 1. The Morgan fingerprint density at radius 1 is 1.19 bits per heavy atom. The Morgan fingerprint density at radius 3 is 2.92 bits per heavy atom. The number of nitrogens with one attached hydrogen (secondary N) is 1. The van der Waals surface area contributed by atoms with Gasteiger partial charge in [-0.15, -0.1) is 0 Å². The number of carbonyl (C=O) groups is 1. The average molecular weight is 348 g/mol. The highest BCUT2D eigenvalue weighted by atomic mass is 16.2. The van der Waals surface area contributed by atoms with Crippen molar-refractivity contribution in [3.8, 4) is 0 Å². The van der Waals surface area contributed by atoms with Gasteiger partial charge in [-0.1, -0.05) is 18.2 Å². The molecule has 1 N–H and O–H groups in total. The van der Waals surface area contributed by atoms with Gasteiger partial charge in [-0.2, -0.15) is 0 Å². The molecule has 3 aromatic rings. The van der Waals surface area contributed by atoms with Crippen LogP contribution < -0.4 is 0 Å². The van der Waals surface area contributed by atoms with Gasteiger partial charge in [-0.25, -0.2) is 4.98 Å². The molecular formula is C21H24N4O. The summed E-state index contributed by atoms with van der Waals surface area (Å²) in [5.41, 5.74) is 3.11. The normalized spacial score (nSPS) is 17.5. The number of aromatic nitrogens is 3. The SMILES string of the molecule is O=C(CCc1nc2ccccc2[nH]1)N1CCCC(Cc2ccccn2)C1. The number of para-hydroxylation sites is 2. The molecule has 26 heavy (non-hydrogen) atoms. The second-order valence-corrected chi connectivity index (χ2v) is 7.07. The summed E-state index contributed by atoms with van der Waals surface area (Å²) in [6.45, 7) is 1.72. The van der Waals surface area contributed by atoms with Crippen molar-refractivity contribution in [3.05, 3.63) is 60.2 Å². The predicted octanol–water partition coefficient (Wildman–Crippen LogP) is 3.37. The molecule has 1 unspecified atom stereocenters. The predicted molar refractivity (Wildman–Crippen MR) is 102 cm³/mol. The van der Waals surface area contributed by atoms with E-state index < -0.39 is 0 Å². The molecule has 0 bridgehead atoms. The third-order valence-corrected chi connectivity index (χ3v) is 5.11. The molecule has 1 saturated heterocycles. The van der Waals surface area contributed by atoms with Gasteiger partial charge in [0.05, 0.1) is 11.0 Å². The van der Waals surface area contributed by atoms with Crippen molar-refractivity contribution in [2.75, 3.05) is 13.1 Å². The van der Waals surface area contributed by atoms with Crippen LogP contribution in [-0.2, 0) is 17.6 Å². The molecule has 1 aromatic carbocycles. The Balaban J connectivity index is 1.32. The third kappa shape index (κ3) is 3.93. The Kier molecular flexibility index (Phi) is 4.95. The third-order valence-electron chi connectivity index (χ3n) is 5.11. The molecular weight excluding hydrogens is 324 g/mol. The van der Waals surface area contributed by atoms with Gasteiger partial charge in [-0.3, -0.25) is 9.78 Å². The van der Waals surface area contributed by atoms with Crippen LogP contribution in [0.2, 0.25) is 0 Å². The maximum absolute atomic E-state index is 12.7. The minimum absolute atomic E-state index is 0.233. The molecule has 1 aliphatic heterocycles. The van der Waals surface area contributed by atoms with Crippen LogP contribution in [0.1, 0.15) is 30.8 Å². The van der Waals surface area contributed by atoms with Crippen molar-refractivity contribution in [1.82, 2.24) is 19.9 Å². The highest BCUT2D eigenvalue weighted by Gasteiger charge is 2.24. The van der Waals surface area contributed by atoms with Gasteiger partial charge in [0.1, 0.15) is 5.82 Å². The first kappa shape index (κ1) is 16.8. The lowest BCUT2D eigenvalue weighted by Gasteiger charge is -2.32.